The van der Waals surface area contributed by atoms with Gasteiger partial charge in [0.05, 0.1) is 6.54 Å². The summed E-state index contributed by atoms with van der Waals surface area (Å²) in [6, 6.07) is 6.15. The topological polar surface area (TPSA) is 46.8 Å². The number of thiophene rings is 1. The highest BCUT2D eigenvalue weighted by atomic mass is 32.1. The summed E-state index contributed by atoms with van der Waals surface area (Å²) in [7, 11) is 0. The van der Waals surface area contributed by atoms with Gasteiger partial charge in [-0.15, -0.1) is 10.2 Å². The van der Waals surface area contributed by atoms with Crippen LogP contribution in [0.4, 0.5) is 0 Å². The van der Waals surface area contributed by atoms with Crippen molar-refractivity contribution < 1.29 is 0 Å². The van der Waals surface area contributed by atoms with Crippen LogP contribution in [0.25, 0.3) is 11.4 Å². The molecule has 0 spiro atoms. The highest BCUT2D eigenvalue weighted by Gasteiger charge is 2.21. The average molecular weight is 297 g/mol. The summed E-state index contributed by atoms with van der Waals surface area (Å²) < 4.78 is 2.22. The van der Waals surface area contributed by atoms with Crippen LogP contribution in [0.5, 0.6) is 0 Å². The van der Waals surface area contributed by atoms with E-state index in [2.05, 4.69) is 41.5 Å². The average Bonchev–Trinajstić information content (AvgIpc) is 3.17. The van der Waals surface area contributed by atoms with Gasteiger partial charge in [0.15, 0.2) is 5.82 Å². The monoisotopic (exact) mass is 297 g/mol. The van der Waals surface area contributed by atoms with Gasteiger partial charge in [0, 0.05) is 37.6 Å². The van der Waals surface area contributed by atoms with Crippen LogP contribution in [0, 0.1) is 0 Å². The Kier molecular flexibility index (Phi) is 3.25. The van der Waals surface area contributed by atoms with E-state index in [-0.39, 0.29) is 0 Å². The zero-order chi connectivity index (χ0) is 14.1. The minimum Gasteiger partial charge on any atom is -0.309 e. The lowest BCUT2D eigenvalue weighted by molar-refractivity contribution is 0.210. The third kappa shape index (κ3) is 2.48. The fraction of sp³-hybridized carbons (Fsp3) is 0.267. The molecule has 0 saturated heterocycles. The highest BCUT2D eigenvalue weighted by Crippen LogP contribution is 2.22. The zero-order valence-corrected chi connectivity index (χ0v) is 12.3. The molecule has 1 aliphatic heterocycles. The Balaban J connectivity index is 1.56. The molecule has 3 aromatic heterocycles. The van der Waals surface area contributed by atoms with Crippen LogP contribution in [0.15, 0.2) is 41.4 Å². The second-order valence-corrected chi connectivity index (χ2v) is 5.95. The predicted octanol–water partition coefficient (Wildman–Crippen LogP) is 2.42. The molecular formula is C15H15N5S. The van der Waals surface area contributed by atoms with Crippen LogP contribution < -0.4 is 0 Å². The molecule has 0 aromatic carbocycles. The van der Waals surface area contributed by atoms with Crippen LogP contribution >= 0.6 is 11.3 Å². The molecule has 4 rings (SSSR count). The number of aromatic nitrogens is 4. The lowest BCUT2D eigenvalue weighted by atomic mass is 10.2. The molecule has 0 fully saturated rings. The zero-order valence-electron chi connectivity index (χ0n) is 11.5. The first-order chi connectivity index (χ1) is 10.4. The fourth-order valence-corrected chi connectivity index (χ4v) is 3.36. The molecule has 21 heavy (non-hydrogen) atoms. The second kappa shape index (κ2) is 5.38. The Bertz CT molecular complexity index is 720. The first-order valence-corrected chi connectivity index (χ1v) is 7.90. The van der Waals surface area contributed by atoms with Gasteiger partial charge < -0.3 is 4.57 Å². The summed E-state index contributed by atoms with van der Waals surface area (Å²) in [6.07, 6.45) is 3.59. The van der Waals surface area contributed by atoms with Crippen LogP contribution in [-0.2, 0) is 19.6 Å². The molecule has 0 bridgehead atoms. The summed E-state index contributed by atoms with van der Waals surface area (Å²) >= 11 is 1.75. The van der Waals surface area contributed by atoms with Gasteiger partial charge in [0.2, 0.25) is 0 Å². The van der Waals surface area contributed by atoms with E-state index >= 15 is 0 Å². The highest BCUT2D eigenvalue weighted by molar-refractivity contribution is 7.07. The molecule has 0 saturated carbocycles. The molecule has 5 nitrogen and oxygen atoms in total. The number of hydrogen-bond donors (Lipinski definition) is 0. The standard InChI is InChI=1S/C15H15N5S/c1-4-16-5-2-13(1)15-18-17-14-10-19(6-7-20(14)15)9-12-3-8-21-11-12/h1-5,8,11H,6-7,9-10H2. The van der Waals surface area contributed by atoms with Crippen molar-refractivity contribution in [1.29, 1.82) is 0 Å². The van der Waals surface area contributed by atoms with Gasteiger partial charge in [0.1, 0.15) is 5.82 Å². The van der Waals surface area contributed by atoms with Gasteiger partial charge in [-0.05, 0) is 34.5 Å². The molecule has 1 aliphatic rings. The maximum atomic E-state index is 4.37. The smallest absolute Gasteiger partial charge is 0.164 e. The maximum absolute atomic E-state index is 4.37. The summed E-state index contributed by atoms with van der Waals surface area (Å²) in [4.78, 5) is 6.48. The van der Waals surface area contributed by atoms with Crippen LogP contribution in [0.1, 0.15) is 11.4 Å². The summed E-state index contributed by atoms with van der Waals surface area (Å²) in [5.74, 6) is 1.99. The van der Waals surface area contributed by atoms with Crippen molar-refractivity contribution in [2.45, 2.75) is 19.6 Å². The van der Waals surface area contributed by atoms with E-state index in [4.69, 9.17) is 0 Å². The van der Waals surface area contributed by atoms with Gasteiger partial charge in [-0.25, -0.2) is 0 Å². The molecule has 0 aliphatic carbocycles. The molecule has 3 aromatic rings. The number of fused-ring (bicyclic) bond motifs is 1. The molecule has 0 atom stereocenters. The third-order valence-corrected chi connectivity index (χ3v) is 4.49. The van der Waals surface area contributed by atoms with E-state index in [0.717, 1.165) is 43.4 Å². The molecule has 0 radical (unpaired) electrons. The lowest BCUT2D eigenvalue weighted by Gasteiger charge is -2.27. The largest absolute Gasteiger partial charge is 0.309 e. The fourth-order valence-electron chi connectivity index (χ4n) is 2.70. The first-order valence-electron chi connectivity index (χ1n) is 6.96. The number of rotatable bonds is 3. The molecule has 0 amide bonds. The molecule has 4 heterocycles. The Morgan fingerprint density at radius 3 is 2.81 bits per heavy atom. The van der Waals surface area contributed by atoms with E-state index in [1.54, 1.807) is 23.7 Å². The third-order valence-electron chi connectivity index (χ3n) is 3.76. The Labute approximate surface area is 126 Å². The summed E-state index contributed by atoms with van der Waals surface area (Å²) in [5.41, 5.74) is 2.46. The lowest BCUT2D eigenvalue weighted by Crippen LogP contribution is -2.33. The van der Waals surface area contributed by atoms with Crippen molar-refractivity contribution in [1.82, 2.24) is 24.6 Å². The van der Waals surface area contributed by atoms with Crippen molar-refractivity contribution in [2.75, 3.05) is 6.54 Å². The van der Waals surface area contributed by atoms with Crippen LogP contribution in [-0.4, -0.2) is 31.2 Å². The number of pyridine rings is 1. The van der Waals surface area contributed by atoms with Gasteiger partial charge in [-0.3, -0.25) is 9.88 Å². The quantitative estimate of drug-likeness (QED) is 0.745. The molecule has 106 valence electrons. The Hall–Kier alpha value is -2.05. The Morgan fingerprint density at radius 2 is 2.00 bits per heavy atom. The van der Waals surface area contributed by atoms with E-state index in [9.17, 15) is 0 Å². The van der Waals surface area contributed by atoms with E-state index < -0.39 is 0 Å². The molecular weight excluding hydrogens is 282 g/mol. The van der Waals surface area contributed by atoms with Crippen LogP contribution in [0.3, 0.4) is 0 Å². The minimum absolute atomic E-state index is 0.855. The molecule has 0 unspecified atom stereocenters. The van der Waals surface area contributed by atoms with Crippen LogP contribution in [0.2, 0.25) is 0 Å². The van der Waals surface area contributed by atoms with E-state index in [1.165, 1.54) is 5.56 Å². The summed E-state index contributed by atoms with van der Waals surface area (Å²) in [6.45, 7) is 3.80. The van der Waals surface area contributed by atoms with Crippen molar-refractivity contribution >= 4 is 11.3 Å². The van der Waals surface area contributed by atoms with Crippen molar-refractivity contribution in [3.05, 3.63) is 52.7 Å². The maximum Gasteiger partial charge on any atom is 0.164 e. The van der Waals surface area contributed by atoms with Crippen molar-refractivity contribution in [2.24, 2.45) is 0 Å². The molecule has 6 heteroatoms. The van der Waals surface area contributed by atoms with Gasteiger partial charge in [-0.2, -0.15) is 11.3 Å². The predicted molar refractivity (Wildman–Crippen MR) is 81.7 cm³/mol. The number of nitrogens with zero attached hydrogens (tertiary/aromatic N) is 5. The molecule has 0 N–H and O–H groups in total. The summed E-state index contributed by atoms with van der Waals surface area (Å²) in [5, 5.41) is 13.1. The minimum atomic E-state index is 0.855. The van der Waals surface area contributed by atoms with Crippen molar-refractivity contribution in [3.8, 4) is 11.4 Å². The second-order valence-electron chi connectivity index (χ2n) is 5.17. The van der Waals surface area contributed by atoms with Gasteiger partial charge in [0.25, 0.3) is 0 Å². The Morgan fingerprint density at radius 1 is 1.10 bits per heavy atom. The van der Waals surface area contributed by atoms with E-state index in [1.807, 2.05) is 12.1 Å². The van der Waals surface area contributed by atoms with Gasteiger partial charge >= 0.3 is 0 Å². The first kappa shape index (κ1) is 12.7. The van der Waals surface area contributed by atoms with E-state index in [0.29, 0.717) is 0 Å². The SMILES string of the molecule is c1cc(-c2nnc3n2CCN(Cc2ccsc2)C3)ccn1. The number of hydrogen-bond acceptors (Lipinski definition) is 5. The normalized spacial score (nSPS) is 15.0. The van der Waals surface area contributed by atoms with Gasteiger partial charge in [-0.1, -0.05) is 0 Å². The van der Waals surface area contributed by atoms with Crippen molar-refractivity contribution in [3.63, 3.8) is 0 Å².